The summed E-state index contributed by atoms with van der Waals surface area (Å²) in [6, 6.07) is 0. The highest BCUT2D eigenvalue weighted by Gasteiger charge is 2.07. The van der Waals surface area contributed by atoms with Crippen LogP contribution < -0.4 is 5.73 Å². The third-order valence-electron chi connectivity index (χ3n) is 2.29. The Morgan fingerprint density at radius 2 is 2.25 bits per heavy atom. The zero-order valence-corrected chi connectivity index (χ0v) is 8.61. The number of hydrogen-bond acceptors (Lipinski definition) is 6. The number of hydrogen-bond donors (Lipinski definition) is 3. The number of aromatic nitrogens is 4. The summed E-state index contributed by atoms with van der Waals surface area (Å²) in [6.07, 6.45) is 2.88. The molecule has 0 fully saturated rings. The second-order valence-electron chi connectivity index (χ2n) is 3.50. The number of nitrogens with two attached hydrogens (primary N) is 1. The van der Waals surface area contributed by atoms with E-state index in [2.05, 4.69) is 15.0 Å². The first-order valence-corrected chi connectivity index (χ1v) is 4.93. The van der Waals surface area contributed by atoms with Crippen LogP contribution in [-0.4, -0.2) is 42.4 Å². The molecule has 1 atom stereocenters. The van der Waals surface area contributed by atoms with Gasteiger partial charge in [0.15, 0.2) is 5.65 Å². The van der Waals surface area contributed by atoms with E-state index in [1.54, 1.807) is 17.1 Å². The highest BCUT2D eigenvalue weighted by Crippen LogP contribution is 2.10. The first-order valence-electron chi connectivity index (χ1n) is 4.93. The van der Waals surface area contributed by atoms with Crippen LogP contribution >= 0.6 is 0 Å². The summed E-state index contributed by atoms with van der Waals surface area (Å²) in [5.74, 6) is 0.192. The zero-order valence-electron chi connectivity index (χ0n) is 8.61. The largest absolute Gasteiger partial charge is 0.394 e. The van der Waals surface area contributed by atoms with Gasteiger partial charge in [0.1, 0.15) is 5.52 Å². The Morgan fingerprint density at radius 1 is 1.44 bits per heavy atom. The Hall–Kier alpha value is -1.73. The van der Waals surface area contributed by atoms with E-state index in [0.717, 1.165) is 0 Å². The van der Waals surface area contributed by atoms with Crippen LogP contribution in [0.25, 0.3) is 11.2 Å². The molecule has 86 valence electrons. The number of rotatable bonds is 4. The minimum absolute atomic E-state index is 0.192. The van der Waals surface area contributed by atoms with Crippen molar-refractivity contribution >= 4 is 17.1 Å². The molecule has 0 saturated heterocycles. The van der Waals surface area contributed by atoms with Gasteiger partial charge in [0.25, 0.3) is 0 Å². The van der Waals surface area contributed by atoms with Crippen LogP contribution in [-0.2, 0) is 6.54 Å². The number of aliphatic hydroxyl groups excluding tert-OH is 2. The SMILES string of the molecule is Nc1ncc2ncn(CC[C@@H](O)CO)c2n1. The summed E-state index contributed by atoms with van der Waals surface area (Å²) in [5.41, 5.74) is 6.78. The fourth-order valence-electron chi connectivity index (χ4n) is 1.41. The summed E-state index contributed by atoms with van der Waals surface area (Å²) in [5, 5.41) is 17.9. The van der Waals surface area contributed by atoms with Crippen molar-refractivity contribution in [2.75, 3.05) is 12.3 Å². The van der Waals surface area contributed by atoms with Crippen molar-refractivity contribution in [1.29, 1.82) is 0 Å². The summed E-state index contributed by atoms with van der Waals surface area (Å²) in [4.78, 5) is 12.0. The van der Waals surface area contributed by atoms with Crippen molar-refractivity contribution in [2.45, 2.75) is 19.1 Å². The van der Waals surface area contributed by atoms with Crippen LogP contribution in [0.1, 0.15) is 6.42 Å². The van der Waals surface area contributed by atoms with Gasteiger partial charge in [-0.25, -0.2) is 9.97 Å². The van der Waals surface area contributed by atoms with E-state index in [9.17, 15) is 5.11 Å². The Morgan fingerprint density at radius 3 is 3.00 bits per heavy atom. The van der Waals surface area contributed by atoms with Crippen LogP contribution in [0.5, 0.6) is 0 Å². The third-order valence-corrected chi connectivity index (χ3v) is 2.29. The minimum atomic E-state index is -0.725. The van der Waals surface area contributed by atoms with Gasteiger partial charge in [-0.05, 0) is 6.42 Å². The molecule has 0 aromatic carbocycles. The second-order valence-corrected chi connectivity index (χ2v) is 3.50. The number of aliphatic hydroxyl groups is 2. The van der Waals surface area contributed by atoms with Gasteiger partial charge < -0.3 is 20.5 Å². The predicted molar refractivity (Wildman–Crippen MR) is 57.4 cm³/mol. The van der Waals surface area contributed by atoms with Crippen molar-refractivity contribution in [3.8, 4) is 0 Å². The maximum absolute atomic E-state index is 9.24. The van der Waals surface area contributed by atoms with E-state index < -0.39 is 6.10 Å². The molecule has 2 heterocycles. The van der Waals surface area contributed by atoms with Crippen LogP contribution in [0.2, 0.25) is 0 Å². The quantitative estimate of drug-likeness (QED) is 0.623. The van der Waals surface area contributed by atoms with Gasteiger partial charge in [-0.3, -0.25) is 0 Å². The van der Waals surface area contributed by atoms with Gasteiger partial charge in [0.2, 0.25) is 5.95 Å². The van der Waals surface area contributed by atoms with Crippen LogP contribution in [0, 0.1) is 0 Å². The molecule has 0 amide bonds. The van der Waals surface area contributed by atoms with Crippen molar-refractivity contribution in [1.82, 2.24) is 19.5 Å². The van der Waals surface area contributed by atoms with E-state index in [-0.39, 0.29) is 12.6 Å². The first-order chi connectivity index (χ1) is 7.70. The number of nitrogen functional groups attached to an aromatic ring is 1. The number of aryl methyl sites for hydroxylation is 1. The highest BCUT2D eigenvalue weighted by atomic mass is 16.3. The molecular formula is C9H13N5O2. The number of nitrogens with zero attached hydrogens (tertiary/aromatic N) is 4. The monoisotopic (exact) mass is 223 g/mol. The summed E-state index contributed by atoms with van der Waals surface area (Å²) < 4.78 is 1.77. The maximum Gasteiger partial charge on any atom is 0.222 e. The Balaban J connectivity index is 2.21. The van der Waals surface area contributed by atoms with Crippen LogP contribution in [0.3, 0.4) is 0 Å². The summed E-state index contributed by atoms with van der Waals surface area (Å²) in [7, 11) is 0. The first kappa shape index (κ1) is 10.8. The van der Waals surface area contributed by atoms with Crippen molar-refractivity contribution < 1.29 is 10.2 Å². The van der Waals surface area contributed by atoms with Crippen molar-refractivity contribution in [3.05, 3.63) is 12.5 Å². The molecule has 4 N–H and O–H groups in total. The molecule has 0 radical (unpaired) electrons. The van der Waals surface area contributed by atoms with Gasteiger partial charge in [0, 0.05) is 6.54 Å². The van der Waals surface area contributed by atoms with Gasteiger partial charge in [-0.1, -0.05) is 0 Å². The lowest BCUT2D eigenvalue weighted by atomic mass is 10.3. The molecule has 0 aliphatic rings. The molecule has 7 heteroatoms. The number of fused-ring (bicyclic) bond motifs is 1. The molecule has 0 unspecified atom stereocenters. The Bertz CT molecular complexity index is 484. The molecule has 0 bridgehead atoms. The fourth-order valence-corrected chi connectivity index (χ4v) is 1.41. The molecule has 0 saturated carbocycles. The molecule has 16 heavy (non-hydrogen) atoms. The predicted octanol–water partition coefficient (Wildman–Crippen LogP) is -0.848. The van der Waals surface area contributed by atoms with E-state index >= 15 is 0 Å². The zero-order chi connectivity index (χ0) is 11.5. The molecule has 0 aliphatic carbocycles. The molecule has 7 nitrogen and oxygen atoms in total. The standard InChI is InChI=1S/C9H13N5O2/c10-9-11-3-7-8(13-9)14(5-12-7)2-1-6(16)4-15/h3,5-6,15-16H,1-2,4H2,(H2,10,11,13)/t6-/m1/s1. The van der Waals surface area contributed by atoms with Gasteiger partial charge in [0.05, 0.1) is 25.2 Å². The van der Waals surface area contributed by atoms with Gasteiger partial charge in [-0.2, -0.15) is 4.98 Å². The van der Waals surface area contributed by atoms with Crippen LogP contribution in [0.4, 0.5) is 5.95 Å². The van der Waals surface area contributed by atoms with E-state index in [0.29, 0.717) is 24.1 Å². The Kier molecular flexibility index (Phi) is 2.97. The number of anilines is 1. The van der Waals surface area contributed by atoms with Crippen molar-refractivity contribution in [3.63, 3.8) is 0 Å². The summed E-state index contributed by atoms with van der Waals surface area (Å²) in [6.45, 7) is 0.276. The van der Waals surface area contributed by atoms with E-state index in [1.165, 1.54) is 0 Å². The van der Waals surface area contributed by atoms with Gasteiger partial charge in [-0.15, -0.1) is 0 Å². The molecule has 0 spiro atoms. The highest BCUT2D eigenvalue weighted by molar-refractivity contribution is 5.70. The third kappa shape index (κ3) is 2.10. The molecule has 2 aromatic heterocycles. The maximum atomic E-state index is 9.24. The molecule has 2 aromatic rings. The van der Waals surface area contributed by atoms with Gasteiger partial charge >= 0.3 is 0 Å². The molecule has 0 aliphatic heterocycles. The summed E-state index contributed by atoms with van der Waals surface area (Å²) >= 11 is 0. The second kappa shape index (κ2) is 4.42. The lowest BCUT2D eigenvalue weighted by Crippen LogP contribution is -2.15. The van der Waals surface area contributed by atoms with Crippen LogP contribution in [0.15, 0.2) is 12.5 Å². The average Bonchev–Trinajstić information content (AvgIpc) is 2.68. The lowest BCUT2D eigenvalue weighted by molar-refractivity contribution is 0.0848. The van der Waals surface area contributed by atoms with E-state index in [1.807, 2.05) is 0 Å². The lowest BCUT2D eigenvalue weighted by Gasteiger charge is -2.07. The fraction of sp³-hybridized carbons (Fsp3) is 0.444. The molecule has 2 rings (SSSR count). The minimum Gasteiger partial charge on any atom is -0.394 e. The average molecular weight is 223 g/mol. The smallest absolute Gasteiger partial charge is 0.222 e. The normalized spacial score (nSPS) is 13.1. The topological polar surface area (TPSA) is 110 Å². The van der Waals surface area contributed by atoms with Crippen molar-refractivity contribution in [2.24, 2.45) is 0 Å². The Labute approximate surface area is 91.6 Å². The van der Waals surface area contributed by atoms with E-state index in [4.69, 9.17) is 10.8 Å². The number of imidazole rings is 1. The molecular weight excluding hydrogens is 210 g/mol.